The average molecular weight is 279 g/mol. The first kappa shape index (κ1) is 13.9. The van der Waals surface area contributed by atoms with Crippen LogP contribution in [0.3, 0.4) is 0 Å². The standard InChI is InChI=1S/C14H17NO3S/c1-2-11(14(17)18)19-12-8-7-9-5-3-4-6-10(9)15-13(12)16/h3-6,11-12H,2,7-8H2,1H3,(H,15,16)(H,17,18). The second-order valence-electron chi connectivity index (χ2n) is 4.54. The van der Waals surface area contributed by atoms with E-state index in [0.29, 0.717) is 12.8 Å². The summed E-state index contributed by atoms with van der Waals surface area (Å²) in [6.45, 7) is 1.83. The molecule has 0 saturated heterocycles. The maximum Gasteiger partial charge on any atom is 0.316 e. The molecular formula is C14H17NO3S. The number of amides is 1. The summed E-state index contributed by atoms with van der Waals surface area (Å²) in [6.07, 6.45) is 2.00. The first-order valence-corrected chi connectivity index (χ1v) is 7.33. The van der Waals surface area contributed by atoms with Crippen molar-refractivity contribution in [2.24, 2.45) is 0 Å². The summed E-state index contributed by atoms with van der Waals surface area (Å²) in [7, 11) is 0. The van der Waals surface area contributed by atoms with Crippen molar-refractivity contribution in [2.75, 3.05) is 5.32 Å². The third kappa shape index (κ3) is 3.29. The van der Waals surface area contributed by atoms with Crippen LogP contribution in [0.1, 0.15) is 25.3 Å². The number of carboxylic acids is 1. The zero-order valence-corrected chi connectivity index (χ0v) is 11.6. The highest BCUT2D eigenvalue weighted by atomic mass is 32.2. The first-order valence-electron chi connectivity index (χ1n) is 6.39. The molecule has 1 aliphatic heterocycles. The van der Waals surface area contributed by atoms with E-state index in [0.717, 1.165) is 17.7 Å². The van der Waals surface area contributed by atoms with Gasteiger partial charge in [0.25, 0.3) is 0 Å². The van der Waals surface area contributed by atoms with Gasteiger partial charge in [0, 0.05) is 5.69 Å². The summed E-state index contributed by atoms with van der Waals surface area (Å²) < 4.78 is 0. The number of hydrogen-bond acceptors (Lipinski definition) is 3. The van der Waals surface area contributed by atoms with Crippen LogP contribution in [0, 0.1) is 0 Å². The Balaban J connectivity index is 2.10. The number of anilines is 1. The number of carbonyl (C=O) groups excluding carboxylic acids is 1. The van der Waals surface area contributed by atoms with Crippen molar-refractivity contribution < 1.29 is 14.7 Å². The van der Waals surface area contributed by atoms with Crippen LogP contribution in [-0.2, 0) is 16.0 Å². The van der Waals surface area contributed by atoms with E-state index in [2.05, 4.69) is 5.32 Å². The minimum atomic E-state index is -0.845. The van der Waals surface area contributed by atoms with Crippen molar-refractivity contribution in [3.63, 3.8) is 0 Å². The SMILES string of the molecule is CCC(SC1CCc2ccccc2NC1=O)C(=O)O. The van der Waals surface area contributed by atoms with Gasteiger partial charge in [-0.25, -0.2) is 0 Å². The zero-order valence-electron chi connectivity index (χ0n) is 10.8. The van der Waals surface area contributed by atoms with Crippen LogP contribution in [0.5, 0.6) is 0 Å². The Morgan fingerprint density at radius 2 is 2.26 bits per heavy atom. The summed E-state index contributed by atoms with van der Waals surface area (Å²) in [6, 6.07) is 7.72. The molecule has 1 amide bonds. The lowest BCUT2D eigenvalue weighted by atomic mass is 10.1. The molecule has 102 valence electrons. The van der Waals surface area contributed by atoms with E-state index in [9.17, 15) is 9.59 Å². The highest BCUT2D eigenvalue weighted by Crippen LogP contribution is 2.30. The summed E-state index contributed by atoms with van der Waals surface area (Å²) in [5.41, 5.74) is 1.96. The minimum Gasteiger partial charge on any atom is -0.480 e. The number of para-hydroxylation sites is 1. The number of rotatable bonds is 4. The molecular weight excluding hydrogens is 262 g/mol. The van der Waals surface area contributed by atoms with Crippen LogP contribution in [0.25, 0.3) is 0 Å². The Bertz CT molecular complexity index is 489. The third-order valence-electron chi connectivity index (χ3n) is 3.22. The second kappa shape index (κ2) is 6.10. The highest BCUT2D eigenvalue weighted by Gasteiger charge is 2.28. The number of hydrogen-bond donors (Lipinski definition) is 2. The fraction of sp³-hybridized carbons (Fsp3) is 0.429. The van der Waals surface area contributed by atoms with Gasteiger partial charge in [-0.05, 0) is 30.9 Å². The molecule has 0 fully saturated rings. The molecule has 19 heavy (non-hydrogen) atoms. The van der Waals surface area contributed by atoms with Crippen LogP contribution >= 0.6 is 11.8 Å². The van der Waals surface area contributed by atoms with Gasteiger partial charge in [0.05, 0.1) is 5.25 Å². The summed E-state index contributed by atoms with van der Waals surface area (Å²) in [5.74, 6) is -0.934. The first-order chi connectivity index (χ1) is 9.11. The van der Waals surface area contributed by atoms with Crippen molar-refractivity contribution in [3.05, 3.63) is 29.8 Å². The molecule has 1 aliphatic rings. The van der Waals surface area contributed by atoms with Crippen LogP contribution in [0.4, 0.5) is 5.69 Å². The fourth-order valence-electron chi connectivity index (χ4n) is 2.15. The Labute approximate surface area is 116 Å². The van der Waals surface area contributed by atoms with E-state index in [-0.39, 0.29) is 11.2 Å². The number of carboxylic acid groups (broad SMARTS) is 1. The number of aliphatic carboxylic acids is 1. The molecule has 0 aliphatic carbocycles. The normalized spacial score (nSPS) is 20.1. The van der Waals surface area contributed by atoms with E-state index in [1.165, 1.54) is 11.8 Å². The largest absolute Gasteiger partial charge is 0.480 e. The van der Waals surface area contributed by atoms with E-state index in [1.807, 2.05) is 31.2 Å². The molecule has 0 aromatic heterocycles. The monoisotopic (exact) mass is 279 g/mol. The number of fused-ring (bicyclic) bond motifs is 1. The van der Waals surface area contributed by atoms with Crippen LogP contribution in [0.15, 0.2) is 24.3 Å². The maximum absolute atomic E-state index is 12.1. The molecule has 0 saturated carbocycles. The molecule has 4 nitrogen and oxygen atoms in total. The van der Waals surface area contributed by atoms with Gasteiger partial charge >= 0.3 is 5.97 Å². The fourth-order valence-corrected chi connectivity index (χ4v) is 3.29. The molecule has 2 unspecified atom stereocenters. The Morgan fingerprint density at radius 1 is 1.53 bits per heavy atom. The Hall–Kier alpha value is -1.49. The minimum absolute atomic E-state index is 0.0883. The van der Waals surface area contributed by atoms with Crippen LogP contribution < -0.4 is 5.32 Å². The van der Waals surface area contributed by atoms with E-state index in [4.69, 9.17) is 5.11 Å². The number of nitrogens with one attached hydrogen (secondary N) is 1. The molecule has 0 bridgehead atoms. The molecule has 1 heterocycles. The highest BCUT2D eigenvalue weighted by molar-refractivity contribution is 8.01. The summed E-state index contributed by atoms with van der Waals surface area (Å²) in [4.78, 5) is 23.2. The predicted octanol–water partition coefficient (Wildman–Crippen LogP) is 2.54. The van der Waals surface area contributed by atoms with Crippen molar-refractivity contribution in [2.45, 2.75) is 36.7 Å². The van der Waals surface area contributed by atoms with Gasteiger partial charge in [-0.2, -0.15) is 0 Å². The van der Waals surface area contributed by atoms with Gasteiger partial charge in [0.2, 0.25) is 5.91 Å². The molecule has 0 radical (unpaired) electrons. The van der Waals surface area contributed by atoms with Crippen molar-refractivity contribution >= 4 is 29.3 Å². The summed E-state index contributed by atoms with van der Waals surface area (Å²) >= 11 is 1.25. The van der Waals surface area contributed by atoms with Gasteiger partial charge in [-0.15, -0.1) is 11.8 Å². The number of aryl methyl sites for hydroxylation is 1. The maximum atomic E-state index is 12.1. The molecule has 0 spiro atoms. The Kier molecular flexibility index (Phi) is 4.47. The molecule has 2 rings (SSSR count). The van der Waals surface area contributed by atoms with E-state index >= 15 is 0 Å². The molecule has 2 atom stereocenters. The van der Waals surface area contributed by atoms with Gasteiger partial charge in [0.1, 0.15) is 5.25 Å². The van der Waals surface area contributed by atoms with Gasteiger partial charge < -0.3 is 10.4 Å². The topological polar surface area (TPSA) is 66.4 Å². The molecule has 1 aromatic carbocycles. The van der Waals surface area contributed by atoms with E-state index < -0.39 is 11.2 Å². The lowest BCUT2D eigenvalue weighted by Crippen LogP contribution is -2.28. The molecule has 5 heteroatoms. The number of thioether (sulfide) groups is 1. The summed E-state index contributed by atoms with van der Waals surface area (Å²) in [5, 5.41) is 11.2. The van der Waals surface area contributed by atoms with Gasteiger partial charge in [-0.1, -0.05) is 25.1 Å². The van der Waals surface area contributed by atoms with E-state index in [1.54, 1.807) is 0 Å². The van der Waals surface area contributed by atoms with Crippen LogP contribution in [0.2, 0.25) is 0 Å². The van der Waals surface area contributed by atoms with Crippen molar-refractivity contribution in [3.8, 4) is 0 Å². The third-order valence-corrected chi connectivity index (χ3v) is 4.86. The zero-order chi connectivity index (χ0) is 13.8. The van der Waals surface area contributed by atoms with Gasteiger partial charge in [0.15, 0.2) is 0 Å². The predicted molar refractivity (Wildman–Crippen MR) is 76.5 cm³/mol. The second-order valence-corrected chi connectivity index (χ2v) is 5.96. The quantitative estimate of drug-likeness (QED) is 0.889. The average Bonchev–Trinajstić information content (AvgIpc) is 2.54. The Morgan fingerprint density at radius 3 is 2.95 bits per heavy atom. The smallest absolute Gasteiger partial charge is 0.316 e. The van der Waals surface area contributed by atoms with Crippen molar-refractivity contribution in [1.29, 1.82) is 0 Å². The lowest BCUT2D eigenvalue weighted by molar-refractivity contribution is -0.136. The molecule has 1 aromatic rings. The number of carbonyl (C=O) groups is 2. The van der Waals surface area contributed by atoms with Crippen LogP contribution in [-0.4, -0.2) is 27.5 Å². The number of benzene rings is 1. The lowest BCUT2D eigenvalue weighted by Gasteiger charge is -2.17. The molecule has 2 N–H and O–H groups in total. The van der Waals surface area contributed by atoms with Gasteiger partial charge in [-0.3, -0.25) is 9.59 Å². The van der Waals surface area contributed by atoms with Crippen molar-refractivity contribution in [1.82, 2.24) is 0 Å².